The van der Waals surface area contributed by atoms with Crippen molar-refractivity contribution in [1.82, 2.24) is 0 Å². The van der Waals surface area contributed by atoms with E-state index < -0.39 is 8.07 Å². The van der Waals surface area contributed by atoms with Crippen molar-refractivity contribution < 1.29 is 9.90 Å². The molecule has 2 nitrogen and oxygen atoms in total. The Labute approximate surface area is 163 Å². The summed E-state index contributed by atoms with van der Waals surface area (Å²) < 4.78 is 0. The van der Waals surface area contributed by atoms with Gasteiger partial charge in [0.15, 0.2) is 5.76 Å². The number of ketones is 1. The number of carbonyl (C=O) groups excluding carboxylic acids is 1. The number of aliphatic hydroxyl groups excluding tert-OH is 1. The normalized spacial score (nSPS) is 19.8. The summed E-state index contributed by atoms with van der Waals surface area (Å²) in [5, 5.41) is 10.9. The molecule has 27 heavy (non-hydrogen) atoms. The number of hydrogen-bond acceptors (Lipinski definition) is 2. The highest BCUT2D eigenvalue weighted by molar-refractivity contribution is 6.85. The van der Waals surface area contributed by atoms with Gasteiger partial charge >= 0.3 is 0 Å². The first-order valence-corrected chi connectivity index (χ1v) is 12.5. The van der Waals surface area contributed by atoms with Gasteiger partial charge in [0.25, 0.3) is 0 Å². The van der Waals surface area contributed by atoms with Gasteiger partial charge in [-0.1, -0.05) is 100 Å². The molecule has 0 amide bonds. The zero-order valence-electron chi connectivity index (χ0n) is 16.8. The summed E-state index contributed by atoms with van der Waals surface area (Å²) in [7, 11) is -1.87. The van der Waals surface area contributed by atoms with Crippen LogP contribution in [0.1, 0.15) is 37.8 Å². The van der Waals surface area contributed by atoms with Gasteiger partial charge in [-0.15, -0.1) is 0 Å². The molecule has 1 atom stereocenters. The molecule has 2 aromatic rings. The Balaban J connectivity index is 2.23. The Morgan fingerprint density at radius 3 is 1.96 bits per heavy atom. The second kappa shape index (κ2) is 6.97. The number of rotatable bonds is 3. The van der Waals surface area contributed by atoms with Gasteiger partial charge in [-0.05, 0) is 16.2 Å². The van der Waals surface area contributed by atoms with E-state index in [1.165, 1.54) is 0 Å². The second-order valence-corrected chi connectivity index (χ2v) is 14.1. The highest BCUT2D eigenvalue weighted by atomic mass is 28.3. The number of benzene rings is 2. The van der Waals surface area contributed by atoms with Crippen LogP contribution >= 0.6 is 0 Å². The van der Waals surface area contributed by atoms with Gasteiger partial charge in [-0.3, -0.25) is 4.79 Å². The van der Waals surface area contributed by atoms with Crippen molar-refractivity contribution in [2.45, 2.75) is 44.8 Å². The van der Waals surface area contributed by atoms with Crippen molar-refractivity contribution in [2.75, 3.05) is 0 Å². The quantitative estimate of drug-likeness (QED) is 0.504. The van der Waals surface area contributed by atoms with Crippen LogP contribution in [-0.2, 0) is 4.79 Å². The van der Waals surface area contributed by atoms with Gasteiger partial charge in [0.1, 0.15) is 0 Å². The monoisotopic (exact) mass is 376 g/mol. The maximum absolute atomic E-state index is 13.1. The van der Waals surface area contributed by atoms with Crippen LogP contribution in [0.5, 0.6) is 0 Å². The molecule has 1 aliphatic carbocycles. The van der Waals surface area contributed by atoms with Crippen molar-refractivity contribution in [3.8, 4) is 0 Å². The van der Waals surface area contributed by atoms with E-state index in [1.807, 2.05) is 60.7 Å². The number of allylic oxidation sites excluding steroid dienone is 2. The topological polar surface area (TPSA) is 37.3 Å². The van der Waals surface area contributed by atoms with Crippen molar-refractivity contribution in [1.29, 1.82) is 0 Å². The van der Waals surface area contributed by atoms with E-state index >= 15 is 0 Å². The minimum Gasteiger partial charge on any atom is -0.504 e. The summed E-state index contributed by atoms with van der Waals surface area (Å²) in [5.74, 6) is -0.567. The molecule has 1 unspecified atom stereocenters. The molecule has 0 fully saturated rings. The molecule has 0 saturated carbocycles. The summed E-state index contributed by atoms with van der Waals surface area (Å²) >= 11 is 0. The van der Waals surface area contributed by atoms with Gasteiger partial charge in [0, 0.05) is 17.1 Å². The van der Waals surface area contributed by atoms with E-state index in [0.717, 1.165) is 22.3 Å². The van der Waals surface area contributed by atoms with Gasteiger partial charge < -0.3 is 5.11 Å². The lowest BCUT2D eigenvalue weighted by Gasteiger charge is -2.35. The van der Waals surface area contributed by atoms with Gasteiger partial charge in [-0.2, -0.15) is 0 Å². The fourth-order valence-electron chi connectivity index (χ4n) is 3.35. The van der Waals surface area contributed by atoms with Crippen molar-refractivity contribution >= 4 is 19.4 Å². The fraction of sp³-hybridized carbons (Fsp3) is 0.292. The highest BCUT2D eigenvalue weighted by Gasteiger charge is 2.42. The number of hydrogen-bond donors (Lipinski definition) is 1. The molecule has 3 rings (SSSR count). The first kappa shape index (κ1) is 19.4. The fourth-order valence-corrected chi connectivity index (χ4v) is 4.86. The zero-order valence-corrected chi connectivity index (χ0v) is 17.8. The van der Waals surface area contributed by atoms with Crippen molar-refractivity contribution in [2.24, 2.45) is 0 Å². The molecule has 1 N–H and O–H groups in total. The summed E-state index contributed by atoms with van der Waals surface area (Å²) in [5.41, 5.74) is 5.59. The molecule has 0 radical (unpaired) electrons. The van der Waals surface area contributed by atoms with Crippen molar-refractivity contribution in [3.63, 3.8) is 0 Å². The van der Waals surface area contributed by atoms with Gasteiger partial charge in [-0.25, -0.2) is 0 Å². The third-order valence-corrected chi connectivity index (χ3v) is 10.9. The van der Waals surface area contributed by atoms with Crippen LogP contribution in [0.25, 0.3) is 5.57 Å². The van der Waals surface area contributed by atoms with Crippen LogP contribution in [0.4, 0.5) is 0 Å². The Kier molecular flexibility index (Phi) is 5.00. The van der Waals surface area contributed by atoms with E-state index in [-0.39, 0.29) is 22.5 Å². The van der Waals surface area contributed by atoms with E-state index in [2.05, 4.69) is 39.6 Å². The molecular weight excluding hydrogens is 348 g/mol. The van der Waals surface area contributed by atoms with E-state index in [0.29, 0.717) is 0 Å². The predicted molar refractivity (Wildman–Crippen MR) is 115 cm³/mol. The minimum atomic E-state index is -1.87. The molecule has 1 aliphatic rings. The lowest BCUT2D eigenvalue weighted by molar-refractivity contribution is -0.114. The molecule has 2 aromatic carbocycles. The molecule has 3 heteroatoms. The third kappa shape index (κ3) is 3.56. The smallest absolute Gasteiger partial charge is 0.223 e. The molecule has 0 spiro atoms. The summed E-state index contributed by atoms with van der Waals surface area (Å²) in [6.45, 7) is 11.3. The predicted octanol–water partition coefficient (Wildman–Crippen LogP) is 6.30. The first-order valence-electron chi connectivity index (χ1n) is 9.44. The maximum Gasteiger partial charge on any atom is 0.223 e. The van der Waals surface area contributed by atoms with Crippen LogP contribution in [0.3, 0.4) is 0 Å². The molecule has 0 aromatic heterocycles. The highest BCUT2D eigenvalue weighted by Crippen LogP contribution is 2.48. The Bertz CT molecular complexity index is 900. The lowest BCUT2D eigenvalue weighted by Crippen LogP contribution is -2.36. The number of Topliss-reactive ketones (excluding diaryl/α,β-unsaturated/α-hetero) is 1. The SMILES string of the molecule is CC(C)(C)[Si](C)(C)/C=C1\C(=O)C(O)=C(c2ccccc2)C1c1ccccc1. The number of carbonyl (C=O) groups is 1. The van der Waals surface area contributed by atoms with Gasteiger partial charge in [0.2, 0.25) is 5.78 Å². The van der Waals surface area contributed by atoms with Crippen LogP contribution in [0, 0.1) is 0 Å². The average molecular weight is 377 g/mol. The summed E-state index contributed by atoms with van der Waals surface area (Å²) in [6.07, 6.45) is 0. The lowest BCUT2D eigenvalue weighted by atomic mass is 9.86. The molecule has 140 valence electrons. The van der Waals surface area contributed by atoms with E-state index in [4.69, 9.17) is 0 Å². The van der Waals surface area contributed by atoms with Crippen LogP contribution < -0.4 is 0 Å². The Morgan fingerprint density at radius 2 is 1.44 bits per heavy atom. The van der Waals surface area contributed by atoms with E-state index in [1.54, 1.807) is 0 Å². The largest absolute Gasteiger partial charge is 0.504 e. The zero-order chi connectivity index (χ0) is 19.8. The average Bonchev–Trinajstić information content (AvgIpc) is 2.87. The van der Waals surface area contributed by atoms with E-state index in [9.17, 15) is 9.90 Å². The second-order valence-electron chi connectivity index (χ2n) is 8.87. The molecule has 0 saturated heterocycles. The van der Waals surface area contributed by atoms with Crippen LogP contribution in [-0.4, -0.2) is 19.0 Å². The summed E-state index contributed by atoms with van der Waals surface area (Å²) in [6, 6.07) is 19.8. The minimum absolute atomic E-state index is 0.111. The standard InChI is InChI=1S/C24H28O2Si/c1-24(2,3)27(4,5)16-19-20(17-12-8-6-9-13-17)21(23(26)22(19)25)18-14-10-7-11-15-18/h6-16,20,26H,1-5H3/b19-16-. The third-order valence-electron chi connectivity index (χ3n) is 6.00. The van der Waals surface area contributed by atoms with Crippen LogP contribution in [0.2, 0.25) is 18.1 Å². The summed E-state index contributed by atoms with van der Waals surface area (Å²) in [4.78, 5) is 13.1. The van der Waals surface area contributed by atoms with Crippen molar-refractivity contribution in [3.05, 3.63) is 88.8 Å². The molecule has 0 heterocycles. The first-order chi connectivity index (χ1) is 12.6. The Morgan fingerprint density at radius 1 is 0.926 bits per heavy atom. The molecule has 0 bridgehead atoms. The van der Waals surface area contributed by atoms with Crippen LogP contribution in [0.15, 0.2) is 77.7 Å². The Hall–Kier alpha value is -2.39. The molecular formula is C24H28O2Si. The van der Waals surface area contributed by atoms with Gasteiger partial charge in [0.05, 0.1) is 8.07 Å². The maximum atomic E-state index is 13.1. The molecule has 0 aliphatic heterocycles. The number of aliphatic hydroxyl groups is 1.